The highest BCUT2D eigenvalue weighted by Crippen LogP contribution is 2.25. The van der Waals surface area contributed by atoms with Gasteiger partial charge in [0.2, 0.25) is 0 Å². The molecule has 1 aromatic rings. The van der Waals surface area contributed by atoms with Crippen LogP contribution in [-0.4, -0.2) is 58.1 Å². The summed E-state index contributed by atoms with van der Waals surface area (Å²) in [6, 6.07) is 10.8. The maximum Gasteiger partial charge on any atom is 0.191 e. The van der Waals surface area contributed by atoms with Crippen LogP contribution in [0.15, 0.2) is 35.3 Å². The Morgan fingerprint density at radius 1 is 1.23 bits per heavy atom. The van der Waals surface area contributed by atoms with Crippen molar-refractivity contribution >= 4 is 5.96 Å². The predicted molar refractivity (Wildman–Crippen MR) is 107 cm³/mol. The Balaban J connectivity index is 2.05. The molecule has 2 rings (SSSR count). The fourth-order valence-corrected chi connectivity index (χ4v) is 3.24. The van der Waals surface area contributed by atoms with Crippen molar-refractivity contribution in [3.05, 3.63) is 35.9 Å². The minimum Gasteiger partial charge on any atom is -0.383 e. The van der Waals surface area contributed by atoms with Gasteiger partial charge in [-0.15, -0.1) is 0 Å². The Kier molecular flexibility index (Phi) is 8.88. The summed E-state index contributed by atoms with van der Waals surface area (Å²) in [5.41, 5.74) is 1.25. The summed E-state index contributed by atoms with van der Waals surface area (Å²) < 4.78 is 10.7. The normalized spacial score (nSPS) is 18.3. The van der Waals surface area contributed by atoms with Crippen molar-refractivity contribution in [1.29, 1.82) is 0 Å². The summed E-state index contributed by atoms with van der Waals surface area (Å²) in [7, 11) is 1.71. The second-order valence-corrected chi connectivity index (χ2v) is 6.78. The molecule has 0 amide bonds. The van der Waals surface area contributed by atoms with Crippen LogP contribution in [0.25, 0.3) is 0 Å². The van der Waals surface area contributed by atoms with Gasteiger partial charge in [0.1, 0.15) is 0 Å². The van der Waals surface area contributed by atoms with Crippen LogP contribution in [0.3, 0.4) is 0 Å². The van der Waals surface area contributed by atoms with Crippen molar-refractivity contribution in [2.75, 3.05) is 46.6 Å². The summed E-state index contributed by atoms with van der Waals surface area (Å²) in [6.45, 7) is 8.80. The Morgan fingerprint density at radius 3 is 2.62 bits per heavy atom. The third-order valence-electron chi connectivity index (χ3n) is 4.75. The molecule has 26 heavy (non-hydrogen) atoms. The first kappa shape index (κ1) is 20.7. The molecular weight excluding hydrogens is 328 g/mol. The Hall–Kier alpha value is -1.63. The van der Waals surface area contributed by atoms with Gasteiger partial charge in [-0.3, -0.25) is 4.99 Å². The number of rotatable bonds is 9. The molecule has 1 unspecified atom stereocenters. The second kappa shape index (κ2) is 11.2. The quantitative estimate of drug-likeness (QED) is 0.357. The van der Waals surface area contributed by atoms with Crippen LogP contribution in [-0.2, 0) is 9.47 Å². The van der Waals surface area contributed by atoms with Crippen LogP contribution in [0.1, 0.15) is 38.3 Å². The fourth-order valence-electron chi connectivity index (χ4n) is 3.24. The molecule has 6 nitrogen and oxygen atoms in total. The molecule has 0 bridgehead atoms. The summed E-state index contributed by atoms with van der Waals surface area (Å²) in [5, 5.41) is 10.5. The molecule has 1 aromatic carbocycles. The number of methoxy groups -OCH3 is 1. The van der Waals surface area contributed by atoms with Crippen LogP contribution in [0.5, 0.6) is 0 Å². The summed E-state index contributed by atoms with van der Waals surface area (Å²) in [4.78, 5) is 4.85. The van der Waals surface area contributed by atoms with Gasteiger partial charge in [-0.1, -0.05) is 30.3 Å². The molecule has 1 aliphatic rings. The van der Waals surface area contributed by atoms with Crippen molar-refractivity contribution < 1.29 is 9.47 Å². The molecular formula is C20H34N4O2. The van der Waals surface area contributed by atoms with E-state index in [-0.39, 0.29) is 11.6 Å². The summed E-state index contributed by atoms with van der Waals surface area (Å²) in [5.74, 6) is 0.838. The van der Waals surface area contributed by atoms with Gasteiger partial charge in [-0.05, 0) is 32.3 Å². The molecule has 0 aliphatic carbocycles. The maximum atomic E-state index is 5.61. The van der Waals surface area contributed by atoms with Crippen LogP contribution in [0.2, 0.25) is 0 Å². The second-order valence-electron chi connectivity index (χ2n) is 6.78. The Morgan fingerprint density at radius 2 is 1.96 bits per heavy atom. The van der Waals surface area contributed by atoms with Gasteiger partial charge in [-0.25, -0.2) is 0 Å². The van der Waals surface area contributed by atoms with Gasteiger partial charge in [-0.2, -0.15) is 0 Å². The number of hydrogen-bond acceptors (Lipinski definition) is 4. The molecule has 0 spiro atoms. The van der Waals surface area contributed by atoms with Crippen molar-refractivity contribution in [2.24, 2.45) is 4.99 Å². The predicted octanol–water partition coefficient (Wildman–Crippen LogP) is 2.09. The van der Waals surface area contributed by atoms with Gasteiger partial charge in [0.05, 0.1) is 13.2 Å². The molecule has 0 saturated carbocycles. The molecule has 1 aliphatic heterocycles. The third-order valence-corrected chi connectivity index (χ3v) is 4.75. The first-order valence-corrected chi connectivity index (χ1v) is 9.60. The van der Waals surface area contributed by atoms with Crippen LogP contribution in [0.4, 0.5) is 0 Å². The number of hydrogen-bond donors (Lipinski definition) is 3. The van der Waals surface area contributed by atoms with E-state index in [1.807, 2.05) is 0 Å². The van der Waals surface area contributed by atoms with Crippen molar-refractivity contribution in [2.45, 2.75) is 38.3 Å². The van der Waals surface area contributed by atoms with E-state index in [9.17, 15) is 0 Å². The maximum absolute atomic E-state index is 5.61. The molecule has 1 saturated heterocycles. The van der Waals surface area contributed by atoms with Crippen molar-refractivity contribution in [3.8, 4) is 0 Å². The number of benzene rings is 1. The largest absolute Gasteiger partial charge is 0.383 e. The van der Waals surface area contributed by atoms with E-state index < -0.39 is 0 Å². The van der Waals surface area contributed by atoms with E-state index in [2.05, 4.69) is 60.1 Å². The highest BCUT2D eigenvalue weighted by atomic mass is 16.5. The zero-order valence-corrected chi connectivity index (χ0v) is 16.4. The molecule has 146 valence electrons. The van der Waals surface area contributed by atoms with Crippen LogP contribution < -0.4 is 16.0 Å². The highest BCUT2D eigenvalue weighted by molar-refractivity contribution is 5.79. The van der Waals surface area contributed by atoms with E-state index in [1.54, 1.807) is 7.11 Å². The highest BCUT2D eigenvalue weighted by Gasteiger charge is 2.33. The summed E-state index contributed by atoms with van der Waals surface area (Å²) in [6.07, 6.45) is 1.93. The average Bonchev–Trinajstić information content (AvgIpc) is 2.68. The minimum atomic E-state index is -0.0445. The fraction of sp³-hybridized carbons (Fsp3) is 0.650. The lowest BCUT2D eigenvalue weighted by Crippen LogP contribution is -2.53. The first-order chi connectivity index (χ1) is 12.7. The molecule has 0 radical (unpaired) electrons. The summed E-state index contributed by atoms with van der Waals surface area (Å²) >= 11 is 0. The van der Waals surface area contributed by atoms with Gasteiger partial charge in [0.25, 0.3) is 0 Å². The van der Waals surface area contributed by atoms with Gasteiger partial charge < -0.3 is 25.4 Å². The molecule has 1 fully saturated rings. The first-order valence-electron chi connectivity index (χ1n) is 9.60. The smallest absolute Gasteiger partial charge is 0.191 e. The van der Waals surface area contributed by atoms with E-state index in [0.29, 0.717) is 6.61 Å². The zero-order chi connectivity index (χ0) is 18.7. The molecule has 1 atom stereocenters. The Labute approximate surface area is 157 Å². The van der Waals surface area contributed by atoms with Crippen LogP contribution in [0, 0.1) is 0 Å². The lowest BCUT2D eigenvalue weighted by Gasteiger charge is -2.39. The van der Waals surface area contributed by atoms with Crippen LogP contribution >= 0.6 is 0 Å². The van der Waals surface area contributed by atoms with Gasteiger partial charge in [0.15, 0.2) is 5.96 Å². The van der Waals surface area contributed by atoms with Crippen molar-refractivity contribution in [1.82, 2.24) is 16.0 Å². The van der Waals surface area contributed by atoms with Gasteiger partial charge in [0, 0.05) is 45.0 Å². The number of ether oxygens (including phenoxy) is 2. The van der Waals surface area contributed by atoms with E-state index in [4.69, 9.17) is 14.5 Å². The standard InChI is InChI=1S/C20H34N4O2/c1-4-21-19(22-12-15-25-3)23-16-20(10-13-26-14-11-20)24-17(2)18-8-6-5-7-9-18/h5-9,17,24H,4,10-16H2,1-3H3,(H2,21,22,23). The number of guanidine groups is 1. The van der Waals surface area contributed by atoms with Crippen molar-refractivity contribution in [3.63, 3.8) is 0 Å². The number of nitrogens with zero attached hydrogens (tertiary/aromatic N) is 1. The lowest BCUT2D eigenvalue weighted by molar-refractivity contribution is 0.0374. The van der Waals surface area contributed by atoms with E-state index in [0.717, 1.165) is 51.6 Å². The van der Waals surface area contributed by atoms with E-state index >= 15 is 0 Å². The SMILES string of the molecule is CCNC(=NCC1(NC(C)c2ccccc2)CCOCC1)NCCOC. The topological polar surface area (TPSA) is 66.9 Å². The number of nitrogens with one attached hydrogen (secondary N) is 3. The van der Waals surface area contributed by atoms with E-state index in [1.165, 1.54) is 5.56 Å². The third kappa shape index (κ3) is 6.59. The average molecular weight is 363 g/mol. The zero-order valence-electron chi connectivity index (χ0n) is 16.4. The molecule has 6 heteroatoms. The molecule has 1 heterocycles. The monoisotopic (exact) mass is 362 g/mol. The lowest BCUT2D eigenvalue weighted by atomic mass is 9.88. The Bertz CT molecular complexity index is 530. The minimum absolute atomic E-state index is 0.0445. The van der Waals surface area contributed by atoms with Gasteiger partial charge >= 0.3 is 0 Å². The molecule has 3 N–H and O–H groups in total. The molecule has 0 aromatic heterocycles. The number of aliphatic imine (C=N–C) groups is 1.